The zero-order valence-corrected chi connectivity index (χ0v) is 25.9. The average molecular weight is 603 g/mol. The number of amides is 2. The number of aryl methyl sites for hydroxylation is 2. The summed E-state index contributed by atoms with van der Waals surface area (Å²) in [6.45, 7) is 7.58. The molecule has 0 unspecified atom stereocenters. The van der Waals surface area contributed by atoms with Gasteiger partial charge in [0.15, 0.2) is 0 Å². The lowest BCUT2D eigenvalue weighted by Gasteiger charge is -2.30. The molecule has 3 aromatic carbocycles. The highest BCUT2D eigenvalue weighted by Crippen LogP contribution is 2.30. The molecule has 4 rings (SSSR count). The van der Waals surface area contributed by atoms with Gasteiger partial charge < -0.3 is 14.7 Å². The number of hydrogen-bond donors (Lipinski definition) is 2. The fourth-order valence-corrected chi connectivity index (χ4v) is 6.15. The third-order valence-electron chi connectivity index (χ3n) is 7.47. The van der Waals surface area contributed by atoms with E-state index in [0.717, 1.165) is 11.1 Å². The van der Waals surface area contributed by atoms with Crippen molar-refractivity contribution < 1.29 is 22.5 Å². The maximum atomic E-state index is 13.3. The van der Waals surface area contributed by atoms with Crippen LogP contribution in [-0.4, -0.2) is 43.4 Å². The number of rotatable bonds is 12. The molecule has 0 radical (unpaired) electrons. The summed E-state index contributed by atoms with van der Waals surface area (Å²) in [5.74, 6) is -0.305. The van der Waals surface area contributed by atoms with Crippen LogP contribution in [0.5, 0.6) is 0 Å². The Morgan fingerprint density at radius 1 is 0.907 bits per heavy atom. The predicted molar refractivity (Wildman–Crippen MR) is 167 cm³/mol. The van der Waals surface area contributed by atoms with Gasteiger partial charge in [0.1, 0.15) is 6.04 Å². The minimum atomic E-state index is -3.96. The van der Waals surface area contributed by atoms with Crippen molar-refractivity contribution in [3.8, 4) is 11.1 Å². The molecule has 0 saturated carbocycles. The van der Waals surface area contributed by atoms with Crippen LogP contribution in [0.15, 0.2) is 88.3 Å². The summed E-state index contributed by atoms with van der Waals surface area (Å²) in [6.07, 6.45) is 0.936. The number of likely N-dealkylation sites (N-methyl/N-ethyl adjacent to an activating group) is 1. The van der Waals surface area contributed by atoms with E-state index in [0.29, 0.717) is 35.2 Å². The van der Waals surface area contributed by atoms with Crippen molar-refractivity contribution >= 4 is 27.7 Å². The summed E-state index contributed by atoms with van der Waals surface area (Å²) in [5.41, 5.74) is 4.36. The molecule has 226 valence electrons. The lowest BCUT2D eigenvalue weighted by Crippen LogP contribution is -2.50. The normalized spacial score (nSPS) is 12.1. The summed E-state index contributed by atoms with van der Waals surface area (Å²) >= 11 is 0. The van der Waals surface area contributed by atoms with Crippen molar-refractivity contribution in [2.45, 2.75) is 58.0 Å². The second kappa shape index (κ2) is 13.7. The van der Waals surface area contributed by atoms with Crippen molar-refractivity contribution in [3.63, 3.8) is 0 Å². The van der Waals surface area contributed by atoms with Crippen LogP contribution >= 0.6 is 0 Å². The molecule has 4 aromatic rings. The number of anilines is 1. The molecule has 0 spiro atoms. The quantitative estimate of drug-likeness (QED) is 0.221. The smallest absolute Gasteiger partial charge is 0.264 e. The highest BCUT2D eigenvalue weighted by atomic mass is 32.2. The van der Waals surface area contributed by atoms with E-state index in [-0.39, 0.29) is 35.1 Å². The summed E-state index contributed by atoms with van der Waals surface area (Å²) in [7, 11) is -2.28. The van der Waals surface area contributed by atoms with Gasteiger partial charge in [-0.2, -0.15) is 0 Å². The van der Waals surface area contributed by atoms with Crippen molar-refractivity contribution in [1.29, 1.82) is 0 Å². The average Bonchev–Trinajstić information content (AvgIpc) is 3.31. The van der Waals surface area contributed by atoms with Crippen molar-refractivity contribution in [3.05, 3.63) is 101 Å². The molecule has 0 aliphatic rings. The van der Waals surface area contributed by atoms with Crippen LogP contribution in [-0.2, 0) is 32.6 Å². The highest BCUT2D eigenvalue weighted by molar-refractivity contribution is 7.92. The van der Waals surface area contributed by atoms with Gasteiger partial charge in [-0.1, -0.05) is 91.8 Å². The van der Waals surface area contributed by atoms with E-state index in [1.54, 1.807) is 44.0 Å². The second-order valence-electron chi connectivity index (χ2n) is 10.9. The molecule has 0 aliphatic carbocycles. The molecule has 10 heteroatoms. The number of nitrogens with zero attached hydrogens (tertiary/aromatic N) is 2. The Kier molecular flexibility index (Phi) is 10.0. The molecule has 1 heterocycles. The zero-order chi connectivity index (χ0) is 31.1. The van der Waals surface area contributed by atoms with Crippen molar-refractivity contribution in [1.82, 2.24) is 15.4 Å². The Labute approximate surface area is 253 Å². The van der Waals surface area contributed by atoms with E-state index in [4.69, 9.17) is 4.52 Å². The van der Waals surface area contributed by atoms with Gasteiger partial charge in [-0.3, -0.25) is 9.59 Å². The lowest BCUT2D eigenvalue weighted by atomic mass is 10.0. The second-order valence-corrected chi connectivity index (χ2v) is 12.6. The van der Waals surface area contributed by atoms with E-state index in [1.165, 1.54) is 6.07 Å². The topological polar surface area (TPSA) is 122 Å². The molecule has 0 aliphatic heterocycles. The van der Waals surface area contributed by atoms with Gasteiger partial charge in [0.05, 0.1) is 10.6 Å². The first kappa shape index (κ1) is 31.5. The fourth-order valence-electron chi connectivity index (χ4n) is 4.88. The van der Waals surface area contributed by atoms with Crippen LogP contribution in [0.2, 0.25) is 0 Å². The first-order valence-corrected chi connectivity index (χ1v) is 15.7. The van der Waals surface area contributed by atoms with E-state index in [9.17, 15) is 18.0 Å². The molecule has 1 atom stereocenters. The number of sulfonamides is 1. The Balaban J connectivity index is 1.41. The third kappa shape index (κ3) is 7.70. The maximum absolute atomic E-state index is 13.3. The molecule has 0 fully saturated rings. The predicted octanol–water partition coefficient (Wildman–Crippen LogP) is 5.49. The summed E-state index contributed by atoms with van der Waals surface area (Å²) < 4.78 is 34.2. The molecule has 43 heavy (non-hydrogen) atoms. The molecular weight excluding hydrogens is 564 g/mol. The van der Waals surface area contributed by atoms with Gasteiger partial charge >= 0.3 is 0 Å². The number of aromatic nitrogens is 1. The van der Waals surface area contributed by atoms with E-state index < -0.39 is 16.1 Å². The molecule has 0 saturated heterocycles. The van der Waals surface area contributed by atoms with Crippen molar-refractivity contribution in [2.24, 2.45) is 5.92 Å². The zero-order valence-electron chi connectivity index (χ0n) is 25.1. The monoisotopic (exact) mass is 602 g/mol. The maximum Gasteiger partial charge on any atom is 0.264 e. The molecular formula is C33H38N4O5S. The Morgan fingerprint density at radius 2 is 1.56 bits per heavy atom. The van der Waals surface area contributed by atoms with Gasteiger partial charge in [-0.15, -0.1) is 0 Å². The lowest BCUT2D eigenvalue weighted by molar-refractivity contribution is -0.140. The van der Waals surface area contributed by atoms with E-state index >= 15 is 0 Å². The minimum absolute atomic E-state index is 0.0789. The number of carbonyl (C=O) groups is 2. The highest BCUT2D eigenvalue weighted by Gasteiger charge is 2.29. The Morgan fingerprint density at radius 3 is 2.19 bits per heavy atom. The van der Waals surface area contributed by atoms with Crippen LogP contribution in [0.1, 0.15) is 42.7 Å². The van der Waals surface area contributed by atoms with Gasteiger partial charge in [-0.05, 0) is 48.9 Å². The van der Waals surface area contributed by atoms with Gasteiger partial charge in [0, 0.05) is 31.1 Å². The van der Waals surface area contributed by atoms with Crippen LogP contribution in [0.4, 0.5) is 5.88 Å². The molecule has 9 nitrogen and oxygen atoms in total. The summed E-state index contributed by atoms with van der Waals surface area (Å²) in [5, 5.41) is 6.79. The standard InChI is InChI=1S/C33H38N4O5S/c1-22(2)31(37(5)30(38)20-17-25-11-7-6-8-12-25)32(39)34-21-26-15-18-27(19-16-26)28-13-9-10-14-29(28)43(40,41)36-33-23(3)24(4)35-42-33/h6-16,18-19,22,31,36H,17,20-21H2,1-5H3,(H,34,39)/t31-/m0/s1. The molecule has 2 N–H and O–H groups in total. The summed E-state index contributed by atoms with van der Waals surface area (Å²) in [6, 6.07) is 23.2. The van der Waals surface area contributed by atoms with Crippen LogP contribution in [0.25, 0.3) is 11.1 Å². The number of benzene rings is 3. The third-order valence-corrected chi connectivity index (χ3v) is 8.86. The summed E-state index contributed by atoms with van der Waals surface area (Å²) in [4.78, 5) is 27.8. The van der Waals surface area contributed by atoms with Gasteiger partial charge in [-0.25, -0.2) is 13.1 Å². The number of nitrogens with one attached hydrogen (secondary N) is 2. The van der Waals surface area contributed by atoms with Gasteiger partial charge in [0.2, 0.25) is 17.7 Å². The molecule has 0 bridgehead atoms. The first-order chi connectivity index (χ1) is 20.5. The number of hydrogen-bond acceptors (Lipinski definition) is 6. The van der Waals surface area contributed by atoms with E-state index in [2.05, 4.69) is 15.2 Å². The van der Waals surface area contributed by atoms with E-state index in [1.807, 2.05) is 68.4 Å². The Hall–Kier alpha value is -4.44. The molecule has 1 aromatic heterocycles. The first-order valence-electron chi connectivity index (χ1n) is 14.2. The van der Waals surface area contributed by atoms with Crippen LogP contribution in [0.3, 0.4) is 0 Å². The molecule has 2 amide bonds. The minimum Gasteiger partial charge on any atom is -0.350 e. The Bertz CT molecular complexity index is 1670. The van der Waals surface area contributed by atoms with Crippen molar-refractivity contribution in [2.75, 3.05) is 11.8 Å². The van der Waals surface area contributed by atoms with Crippen LogP contribution in [0, 0.1) is 19.8 Å². The number of carbonyl (C=O) groups excluding carboxylic acids is 2. The SMILES string of the molecule is Cc1noc(NS(=O)(=O)c2ccccc2-c2ccc(CNC(=O)[C@H](C(C)C)N(C)C(=O)CCc3ccccc3)cc2)c1C. The fraction of sp³-hybridized carbons (Fsp3) is 0.303. The van der Waals surface area contributed by atoms with Gasteiger partial charge in [0.25, 0.3) is 10.0 Å². The largest absolute Gasteiger partial charge is 0.350 e. The van der Waals surface area contributed by atoms with Crippen LogP contribution < -0.4 is 10.0 Å².